The summed E-state index contributed by atoms with van der Waals surface area (Å²) in [6.45, 7) is 0.551. The maximum Gasteiger partial charge on any atom is 0.251 e. The third-order valence-corrected chi connectivity index (χ3v) is 2.69. The molecule has 112 valence electrons. The number of unbranched alkanes of at least 4 members (excludes halogenated alkanes) is 1. The van der Waals surface area contributed by atoms with Crippen LogP contribution in [0.25, 0.3) is 0 Å². The van der Waals surface area contributed by atoms with Crippen molar-refractivity contribution in [2.45, 2.75) is 19.3 Å². The van der Waals surface area contributed by atoms with Gasteiger partial charge in [-0.3, -0.25) is 9.59 Å². The largest absolute Gasteiger partial charge is 0.370 e. The Bertz CT molecular complexity index is 576. The molecule has 0 unspecified atom stereocenters. The van der Waals surface area contributed by atoms with Gasteiger partial charge in [0, 0.05) is 18.5 Å². The predicted octanol–water partition coefficient (Wildman–Crippen LogP) is 0.521. The number of hydrogen-bond acceptors (Lipinski definition) is 3. The van der Waals surface area contributed by atoms with Crippen LogP contribution in [0, 0.1) is 17.7 Å². The van der Waals surface area contributed by atoms with Crippen LogP contribution in [0.15, 0.2) is 18.2 Å². The minimum absolute atomic E-state index is 0.146. The Labute approximate surface area is 122 Å². The molecule has 0 fully saturated rings. The average Bonchev–Trinajstić information content (AvgIpc) is 2.45. The number of halogens is 1. The lowest BCUT2D eigenvalue weighted by Gasteiger charge is -2.05. The van der Waals surface area contributed by atoms with Crippen molar-refractivity contribution in [3.8, 4) is 11.8 Å². The van der Waals surface area contributed by atoms with Crippen LogP contribution >= 0.6 is 0 Å². The van der Waals surface area contributed by atoms with E-state index in [0.29, 0.717) is 25.8 Å². The second kappa shape index (κ2) is 8.72. The molecule has 0 aliphatic heterocycles. The van der Waals surface area contributed by atoms with Gasteiger partial charge in [-0.2, -0.15) is 0 Å². The highest BCUT2D eigenvalue weighted by Gasteiger charge is 2.08. The van der Waals surface area contributed by atoms with Crippen molar-refractivity contribution in [3.05, 3.63) is 35.1 Å². The molecule has 0 radical (unpaired) electrons. The van der Waals surface area contributed by atoms with E-state index in [-0.39, 0.29) is 29.5 Å². The average molecular weight is 291 g/mol. The Morgan fingerprint density at radius 1 is 1.29 bits per heavy atom. The predicted molar refractivity (Wildman–Crippen MR) is 77.7 cm³/mol. The first-order valence-corrected chi connectivity index (χ1v) is 6.59. The second-order valence-electron chi connectivity index (χ2n) is 4.38. The number of carbonyl (C=O) groups is 2. The number of nitrogens with one attached hydrogen (secondary N) is 1. The van der Waals surface area contributed by atoms with E-state index in [1.54, 1.807) is 0 Å². The first-order chi connectivity index (χ1) is 10.0. The van der Waals surface area contributed by atoms with Gasteiger partial charge in [0.25, 0.3) is 5.91 Å². The molecule has 5 nitrogen and oxygen atoms in total. The molecule has 6 heteroatoms. The van der Waals surface area contributed by atoms with Gasteiger partial charge in [0.15, 0.2) is 0 Å². The smallest absolute Gasteiger partial charge is 0.251 e. The zero-order valence-corrected chi connectivity index (χ0v) is 11.6. The molecular weight excluding hydrogens is 273 g/mol. The number of hydrogen-bond donors (Lipinski definition) is 3. The lowest BCUT2D eigenvalue weighted by molar-refractivity contribution is -0.118. The second-order valence-corrected chi connectivity index (χ2v) is 4.38. The molecule has 0 saturated carbocycles. The van der Waals surface area contributed by atoms with Gasteiger partial charge >= 0.3 is 0 Å². The van der Waals surface area contributed by atoms with Gasteiger partial charge in [0.2, 0.25) is 5.91 Å². The van der Waals surface area contributed by atoms with Crippen LogP contribution < -0.4 is 16.8 Å². The van der Waals surface area contributed by atoms with E-state index in [4.69, 9.17) is 11.5 Å². The molecule has 0 aliphatic rings. The molecule has 0 atom stereocenters. The summed E-state index contributed by atoms with van der Waals surface area (Å²) in [7, 11) is 0. The van der Waals surface area contributed by atoms with Crippen molar-refractivity contribution < 1.29 is 14.0 Å². The molecule has 2 amide bonds. The molecule has 0 spiro atoms. The number of nitrogens with two attached hydrogens (primary N) is 2. The van der Waals surface area contributed by atoms with Crippen LogP contribution in [0.2, 0.25) is 0 Å². The molecule has 0 saturated heterocycles. The van der Waals surface area contributed by atoms with E-state index in [2.05, 4.69) is 17.2 Å². The maximum absolute atomic E-state index is 13.7. The van der Waals surface area contributed by atoms with Crippen LogP contribution in [-0.4, -0.2) is 24.9 Å². The minimum Gasteiger partial charge on any atom is -0.370 e. The quantitative estimate of drug-likeness (QED) is 0.526. The number of amides is 2. The number of benzene rings is 1. The van der Waals surface area contributed by atoms with Crippen molar-refractivity contribution in [1.29, 1.82) is 0 Å². The van der Waals surface area contributed by atoms with Crippen LogP contribution in [0.3, 0.4) is 0 Å². The third kappa shape index (κ3) is 6.06. The van der Waals surface area contributed by atoms with Crippen molar-refractivity contribution in [1.82, 2.24) is 5.32 Å². The highest BCUT2D eigenvalue weighted by Crippen LogP contribution is 2.09. The molecule has 1 aromatic rings. The summed E-state index contributed by atoms with van der Waals surface area (Å²) in [6, 6.07) is 4.08. The number of primary amides is 1. The van der Waals surface area contributed by atoms with Crippen molar-refractivity contribution in [2.75, 3.05) is 13.1 Å². The summed E-state index contributed by atoms with van der Waals surface area (Å²) in [5.41, 5.74) is 10.6. The Hall–Kier alpha value is -2.39. The SMILES string of the molecule is NCC#Cc1ccc(C(=O)NCCCCC(N)=O)cc1F. The Kier molecular flexibility index (Phi) is 6.92. The van der Waals surface area contributed by atoms with Gasteiger partial charge in [-0.25, -0.2) is 4.39 Å². The molecule has 0 aliphatic carbocycles. The summed E-state index contributed by atoms with van der Waals surface area (Å²) in [5.74, 6) is 3.84. The first-order valence-electron chi connectivity index (χ1n) is 6.59. The van der Waals surface area contributed by atoms with Crippen LogP contribution in [-0.2, 0) is 4.79 Å². The lowest BCUT2D eigenvalue weighted by Crippen LogP contribution is -2.24. The summed E-state index contributed by atoms with van der Waals surface area (Å²) in [4.78, 5) is 22.3. The highest BCUT2D eigenvalue weighted by atomic mass is 19.1. The molecule has 0 bridgehead atoms. The van der Waals surface area contributed by atoms with Crippen LogP contribution in [0.5, 0.6) is 0 Å². The van der Waals surface area contributed by atoms with E-state index in [9.17, 15) is 14.0 Å². The van der Waals surface area contributed by atoms with Crippen LogP contribution in [0.1, 0.15) is 35.2 Å². The van der Waals surface area contributed by atoms with Gasteiger partial charge in [0.05, 0.1) is 12.1 Å². The third-order valence-electron chi connectivity index (χ3n) is 2.69. The zero-order valence-electron chi connectivity index (χ0n) is 11.6. The fourth-order valence-electron chi connectivity index (χ4n) is 1.63. The van der Waals surface area contributed by atoms with Gasteiger partial charge in [-0.05, 0) is 31.0 Å². The molecule has 1 aromatic carbocycles. The van der Waals surface area contributed by atoms with Crippen LogP contribution in [0.4, 0.5) is 4.39 Å². The van der Waals surface area contributed by atoms with E-state index < -0.39 is 5.82 Å². The lowest BCUT2D eigenvalue weighted by atomic mass is 10.1. The standard InChI is InChI=1S/C15H18FN3O2/c16-13-10-12(7-6-11(13)4-3-8-17)15(21)19-9-2-1-5-14(18)20/h6-7,10H,1-2,5,8-9,17H2,(H2,18,20)(H,19,21). The number of rotatable bonds is 6. The minimum atomic E-state index is -0.558. The van der Waals surface area contributed by atoms with Crippen molar-refractivity contribution in [2.24, 2.45) is 11.5 Å². The Morgan fingerprint density at radius 3 is 2.67 bits per heavy atom. The first kappa shape index (κ1) is 16.7. The number of carbonyl (C=O) groups excluding carboxylic acids is 2. The van der Waals surface area contributed by atoms with E-state index >= 15 is 0 Å². The van der Waals surface area contributed by atoms with E-state index in [1.807, 2.05) is 0 Å². The molecule has 0 heterocycles. The topological polar surface area (TPSA) is 98.2 Å². The molecule has 5 N–H and O–H groups in total. The monoisotopic (exact) mass is 291 g/mol. The van der Waals surface area contributed by atoms with E-state index in [0.717, 1.165) is 6.07 Å². The molecule has 1 rings (SSSR count). The Balaban J connectivity index is 2.51. The van der Waals surface area contributed by atoms with E-state index in [1.165, 1.54) is 12.1 Å². The van der Waals surface area contributed by atoms with Crippen molar-refractivity contribution in [3.63, 3.8) is 0 Å². The highest BCUT2D eigenvalue weighted by molar-refractivity contribution is 5.94. The fourth-order valence-corrected chi connectivity index (χ4v) is 1.63. The normalized spacial score (nSPS) is 9.62. The summed E-state index contributed by atoms with van der Waals surface area (Å²) in [6.07, 6.45) is 1.54. The fraction of sp³-hybridized carbons (Fsp3) is 0.333. The van der Waals surface area contributed by atoms with Crippen molar-refractivity contribution >= 4 is 11.8 Å². The maximum atomic E-state index is 13.7. The molecular formula is C15H18FN3O2. The summed E-state index contributed by atoms with van der Waals surface area (Å²) in [5, 5.41) is 2.65. The zero-order chi connectivity index (χ0) is 15.7. The molecule has 0 aromatic heterocycles. The summed E-state index contributed by atoms with van der Waals surface area (Å²) >= 11 is 0. The van der Waals surface area contributed by atoms with Gasteiger partial charge in [-0.1, -0.05) is 11.8 Å². The van der Waals surface area contributed by atoms with Gasteiger partial charge in [-0.15, -0.1) is 0 Å². The Morgan fingerprint density at radius 2 is 2.05 bits per heavy atom. The molecule has 21 heavy (non-hydrogen) atoms. The van der Waals surface area contributed by atoms with Gasteiger partial charge < -0.3 is 16.8 Å². The summed E-state index contributed by atoms with van der Waals surface area (Å²) < 4.78 is 13.7. The van der Waals surface area contributed by atoms with Gasteiger partial charge in [0.1, 0.15) is 5.82 Å².